The first kappa shape index (κ1) is 16.2. The summed E-state index contributed by atoms with van der Waals surface area (Å²) in [6.45, 7) is 2.48. The Morgan fingerprint density at radius 3 is 2.42 bits per heavy atom. The third kappa shape index (κ3) is 4.06. The predicted molar refractivity (Wildman–Crippen MR) is 63.0 cm³/mol. The minimum absolute atomic E-state index is 0.00923. The molecule has 1 aliphatic carbocycles. The minimum Gasteiger partial charge on any atom is -0.350 e. The van der Waals surface area contributed by atoms with Gasteiger partial charge in [0.1, 0.15) is 0 Å². The van der Waals surface area contributed by atoms with E-state index in [1.54, 1.807) is 0 Å². The smallest absolute Gasteiger partial charge is 0.324 e. The van der Waals surface area contributed by atoms with E-state index >= 15 is 0 Å². The summed E-state index contributed by atoms with van der Waals surface area (Å²) in [5, 5.41) is 1.92. The molecule has 1 rings (SSSR count). The second-order valence-corrected chi connectivity index (χ2v) is 5.48. The van der Waals surface area contributed by atoms with Crippen molar-refractivity contribution in [2.75, 3.05) is 6.54 Å². The van der Waals surface area contributed by atoms with Crippen LogP contribution in [0.1, 0.15) is 26.7 Å². The van der Waals surface area contributed by atoms with E-state index < -0.39 is 30.7 Å². The van der Waals surface area contributed by atoms with E-state index in [-0.39, 0.29) is 17.9 Å². The van der Waals surface area contributed by atoms with E-state index in [0.29, 0.717) is 6.42 Å². The Hall–Kier alpha value is -0.850. The zero-order valence-corrected chi connectivity index (χ0v) is 11.0. The molecule has 0 spiro atoms. The van der Waals surface area contributed by atoms with Crippen LogP contribution in [0.3, 0.4) is 0 Å². The SMILES string of the molecule is CC1CC(C)C(C(=O)NCC(F)(F)C(F)F)CC1N. The Labute approximate surface area is 109 Å². The molecule has 7 heteroatoms. The van der Waals surface area contributed by atoms with E-state index in [1.165, 1.54) is 0 Å². The number of halogens is 4. The maximum Gasteiger partial charge on any atom is 0.324 e. The summed E-state index contributed by atoms with van der Waals surface area (Å²) in [6.07, 6.45) is -2.65. The van der Waals surface area contributed by atoms with Crippen LogP contribution in [-0.2, 0) is 4.79 Å². The third-order valence-corrected chi connectivity index (χ3v) is 3.84. The highest BCUT2D eigenvalue weighted by atomic mass is 19.3. The Morgan fingerprint density at radius 2 is 1.89 bits per heavy atom. The lowest BCUT2D eigenvalue weighted by molar-refractivity contribution is -0.140. The quantitative estimate of drug-likeness (QED) is 0.776. The van der Waals surface area contributed by atoms with Crippen molar-refractivity contribution < 1.29 is 22.4 Å². The highest BCUT2D eigenvalue weighted by Crippen LogP contribution is 2.33. The van der Waals surface area contributed by atoms with Gasteiger partial charge in [-0.15, -0.1) is 0 Å². The molecule has 1 fully saturated rings. The van der Waals surface area contributed by atoms with Crippen LogP contribution in [0.4, 0.5) is 17.6 Å². The molecule has 0 heterocycles. The molecule has 4 atom stereocenters. The number of amides is 1. The van der Waals surface area contributed by atoms with Crippen molar-refractivity contribution in [2.24, 2.45) is 23.5 Å². The van der Waals surface area contributed by atoms with Crippen LogP contribution in [0.15, 0.2) is 0 Å². The molecule has 0 saturated heterocycles. The first-order chi connectivity index (χ1) is 8.65. The van der Waals surface area contributed by atoms with Crippen molar-refractivity contribution in [3.8, 4) is 0 Å². The molecule has 0 bridgehead atoms. The average Bonchev–Trinajstić information content (AvgIpc) is 2.30. The monoisotopic (exact) mass is 284 g/mol. The Morgan fingerprint density at radius 1 is 1.32 bits per heavy atom. The molecule has 0 radical (unpaired) electrons. The lowest BCUT2D eigenvalue weighted by atomic mass is 9.72. The molecule has 1 aliphatic rings. The Balaban J connectivity index is 2.54. The van der Waals surface area contributed by atoms with Crippen LogP contribution >= 0.6 is 0 Å². The zero-order chi connectivity index (χ0) is 14.8. The molecular formula is C12H20F4N2O. The predicted octanol–water partition coefficient (Wildman–Crippen LogP) is 2.01. The maximum atomic E-state index is 12.7. The maximum absolute atomic E-state index is 12.7. The minimum atomic E-state index is -4.19. The summed E-state index contributed by atoms with van der Waals surface area (Å²) in [6, 6.07) is -0.164. The lowest BCUT2D eigenvalue weighted by Gasteiger charge is -2.36. The number of hydrogen-bond acceptors (Lipinski definition) is 2. The van der Waals surface area contributed by atoms with Gasteiger partial charge in [-0.2, -0.15) is 8.78 Å². The topological polar surface area (TPSA) is 55.1 Å². The fraction of sp³-hybridized carbons (Fsp3) is 0.917. The zero-order valence-electron chi connectivity index (χ0n) is 11.0. The summed E-state index contributed by atoms with van der Waals surface area (Å²) in [4.78, 5) is 11.8. The van der Waals surface area contributed by atoms with Crippen LogP contribution in [-0.4, -0.2) is 30.8 Å². The number of alkyl halides is 4. The molecular weight excluding hydrogens is 264 g/mol. The number of carbonyl (C=O) groups is 1. The highest BCUT2D eigenvalue weighted by molar-refractivity contribution is 5.79. The molecule has 0 aromatic rings. The number of nitrogens with two attached hydrogens (primary N) is 1. The van der Waals surface area contributed by atoms with Gasteiger partial charge in [0, 0.05) is 12.0 Å². The normalized spacial score (nSPS) is 32.4. The van der Waals surface area contributed by atoms with Gasteiger partial charge in [-0.25, -0.2) is 8.78 Å². The van der Waals surface area contributed by atoms with Crippen molar-refractivity contribution in [1.82, 2.24) is 5.32 Å². The van der Waals surface area contributed by atoms with E-state index in [4.69, 9.17) is 5.73 Å². The molecule has 112 valence electrons. The van der Waals surface area contributed by atoms with Gasteiger partial charge in [0.25, 0.3) is 0 Å². The van der Waals surface area contributed by atoms with Gasteiger partial charge in [0.15, 0.2) is 0 Å². The number of rotatable bonds is 4. The summed E-state index contributed by atoms with van der Waals surface area (Å²) in [5.41, 5.74) is 5.85. The average molecular weight is 284 g/mol. The molecule has 1 amide bonds. The number of hydrogen-bond donors (Lipinski definition) is 2. The second-order valence-electron chi connectivity index (χ2n) is 5.48. The lowest BCUT2D eigenvalue weighted by Crippen LogP contribution is -2.48. The van der Waals surface area contributed by atoms with Gasteiger partial charge >= 0.3 is 12.3 Å². The summed E-state index contributed by atoms with van der Waals surface area (Å²) in [7, 11) is 0. The van der Waals surface area contributed by atoms with E-state index in [9.17, 15) is 22.4 Å². The molecule has 4 unspecified atom stereocenters. The van der Waals surface area contributed by atoms with Crippen LogP contribution in [0.2, 0.25) is 0 Å². The fourth-order valence-corrected chi connectivity index (χ4v) is 2.46. The van der Waals surface area contributed by atoms with E-state index in [1.807, 2.05) is 19.2 Å². The molecule has 1 saturated carbocycles. The van der Waals surface area contributed by atoms with Crippen LogP contribution in [0.25, 0.3) is 0 Å². The van der Waals surface area contributed by atoms with Gasteiger partial charge in [-0.05, 0) is 24.7 Å². The van der Waals surface area contributed by atoms with Crippen molar-refractivity contribution in [2.45, 2.75) is 45.1 Å². The third-order valence-electron chi connectivity index (χ3n) is 3.84. The Kier molecular flexibility index (Phi) is 5.18. The highest BCUT2D eigenvalue weighted by Gasteiger charge is 2.42. The molecule has 3 nitrogen and oxygen atoms in total. The largest absolute Gasteiger partial charge is 0.350 e. The van der Waals surface area contributed by atoms with Crippen LogP contribution in [0.5, 0.6) is 0 Å². The number of carbonyl (C=O) groups excluding carboxylic acids is 1. The van der Waals surface area contributed by atoms with Gasteiger partial charge in [0.05, 0.1) is 6.54 Å². The molecule has 19 heavy (non-hydrogen) atoms. The fourth-order valence-electron chi connectivity index (χ4n) is 2.46. The van der Waals surface area contributed by atoms with Gasteiger partial charge in [0.2, 0.25) is 5.91 Å². The molecule has 0 aliphatic heterocycles. The van der Waals surface area contributed by atoms with E-state index in [0.717, 1.165) is 6.42 Å². The molecule has 0 aromatic carbocycles. The first-order valence-electron chi connectivity index (χ1n) is 6.34. The summed E-state index contributed by atoms with van der Waals surface area (Å²) in [5.74, 6) is -5.02. The summed E-state index contributed by atoms with van der Waals surface area (Å²) < 4.78 is 49.4. The van der Waals surface area contributed by atoms with Gasteiger partial charge in [-0.1, -0.05) is 13.8 Å². The van der Waals surface area contributed by atoms with Crippen LogP contribution in [0, 0.1) is 17.8 Å². The first-order valence-corrected chi connectivity index (χ1v) is 6.34. The number of nitrogens with one attached hydrogen (secondary N) is 1. The second kappa shape index (κ2) is 6.07. The van der Waals surface area contributed by atoms with Gasteiger partial charge < -0.3 is 11.1 Å². The van der Waals surface area contributed by atoms with E-state index in [2.05, 4.69) is 0 Å². The Bertz CT molecular complexity index is 325. The van der Waals surface area contributed by atoms with Crippen LogP contribution < -0.4 is 11.1 Å². The van der Waals surface area contributed by atoms with Crippen molar-refractivity contribution in [3.63, 3.8) is 0 Å². The standard InChI is InChI=1S/C12H20F4N2O/c1-6-3-7(2)9(17)4-8(6)10(19)18-5-12(15,16)11(13)14/h6-9,11H,3-5,17H2,1-2H3,(H,18,19). The van der Waals surface area contributed by atoms with Crippen molar-refractivity contribution >= 4 is 5.91 Å². The van der Waals surface area contributed by atoms with Crippen molar-refractivity contribution in [1.29, 1.82) is 0 Å². The molecule has 0 aromatic heterocycles. The summed E-state index contributed by atoms with van der Waals surface area (Å²) >= 11 is 0. The van der Waals surface area contributed by atoms with Crippen molar-refractivity contribution in [3.05, 3.63) is 0 Å². The molecule has 3 N–H and O–H groups in total. The van der Waals surface area contributed by atoms with Gasteiger partial charge in [-0.3, -0.25) is 4.79 Å².